The zero-order chi connectivity index (χ0) is 8.81. The first-order valence-corrected chi connectivity index (χ1v) is 3.50. The van der Waals surface area contributed by atoms with Crippen LogP contribution in [0.3, 0.4) is 0 Å². The molecule has 0 aromatic carbocycles. The van der Waals surface area contributed by atoms with Crippen molar-refractivity contribution in [3.63, 3.8) is 0 Å². The van der Waals surface area contributed by atoms with Gasteiger partial charge in [-0.1, -0.05) is 6.58 Å². The van der Waals surface area contributed by atoms with Gasteiger partial charge in [0.25, 0.3) is 5.91 Å². The van der Waals surface area contributed by atoms with Crippen LogP contribution >= 0.6 is 0 Å². The van der Waals surface area contributed by atoms with E-state index in [-0.39, 0.29) is 5.91 Å². The zero-order valence-corrected chi connectivity index (χ0v) is 6.54. The van der Waals surface area contributed by atoms with Crippen molar-refractivity contribution in [1.82, 2.24) is 5.32 Å². The molecule has 0 unspecified atom stereocenters. The molecule has 0 saturated carbocycles. The summed E-state index contributed by atoms with van der Waals surface area (Å²) in [6, 6.07) is 3.27. The molecule has 0 aliphatic carbocycles. The van der Waals surface area contributed by atoms with Crippen LogP contribution in [0.2, 0.25) is 0 Å². The van der Waals surface area contributed by atoms with Crippen molar-refractivity contribution in [3.05, 3.63) is 42.5 Å². The van der Waals surface area contributed by atoms with Gasteiger partial charge in [-0.25, -0.2) is 0 Å². The lowest BCUT2D eigenvalue weighted by molar-refractivity contribution is 0.0930. The summed E-state index contributed by atoms with van der Waals surface area (Å²) in [7, 11) is 0. The summed E-state index contributed by atoms with van der Waals surface area (Å²) < 4.78 is 4.86. The largest absolute Gasteiger partial charge is 0.459 e. The van der Waals surface area contributed by atoms with Crippen LogP contribution in [-0.4, -0.2) is 12.5 Å². The first kappa shape index (κ1) is 8.37. The van der Waals surface area contributed by atoms with Gasteiger partial charge >= 0.3 is 0 Å². The molecule has 0 saturated heterocycles. The van der Waals surface area contributed by atoms with Crippen LogP contribution in [0.25, 0.3) is 0 Å². The van der Waals surface area contributed by atoms with E-state index in [1.165, 1.54) is 6.26 Å². The molecule has 1 aromatic rings. The molecule has 0 radical (unpaired) electrons. The summed E-state index contributed by atoms with van der Waals surface area (Å²) in [6.07, 6.45) is 3.08. The van der Waals surface area contributed by atoms with E-state index in [1.807, 2.05) is 0 Å². The minimum absolute atomic E-state index is 0.230. The average Bonchev–Trinajstić information content (AvgIpc) is 2.56. The molecule has 12 heavy (non-hydrogen) atoms. The summed E-state index contributed by atoms with van der Waals surface area (Å²) in [5.74, 6) is 0.0824. The van der Waals surface area contributed by atoms with Gasteiger partial charge in [0.15, 0.2) is 5.76 Å². The first-order chi connectivity index (χ1) is 5.84. The molecule has 1 heterocycles. The summed E-state index contributed by atoms with van der Waals surface area (Å²) >= 11 is 0. The Morgan fingerprint density at radius 3 is 3.25 bits per heavy atom. The van der Waals surface area contributed by atoms with Crippen LogP contribution in [0.15, 0.2) is 41.2 Å². The molecule has 0 aliphatic heterocycles. The van der Waals surface area contributed by atoms with E-state index in [0.29, 0.717) is 12.3 Å². The molecule has 1 N–H and O–H groups in total. The number of hydrogen-bond donors (Lipinski definition) is 1. The number of hydrogen-bond acceptors (Lipinski definition) is 2. The Kier molecular flexibility index (Phi) is 2.94. The second-order valence-corrected chi connectivity index (χ2v) is 2.10. The van der Waals surface area contributed by atoms with Crippen LogP contribution in [-0.2, 0) is 0 Å². The number of carbonyl (C=O) groups is 1. The van der Waals surface area contributed by atoms with Crippen molar-refractivity contribution in [2.75, 3.05) is 6.54 Å². The fourth-order valence-electron chi connectivity index (χ4n) is 0.711. The van der Waals surface area contributed by atoms with Crippen molar-refractivity contribution < 1.29 is 9.21 Å². The molecule has 3 nitrogen and oxygen atoms in total. The lowest BCUT2D eigenvalue weighted by Crippen LogP contribution is -2.22. The summed E-state index contributed by atoms with van der Waals surface area (Å²) in [4.78, 5) is 11.1. The van der Waals surface area contributed by atoms with Gasteiger partial charge < -0.3 is 9.73 Å². The Labute approximate surface area is 70.4 Å². The number of carbonyl (C=O) groups excluding carboxylic acids is 1. The molecule has 0 spiro atoms. The molecule has 1 amide bonds. The van der Waals surface area contributed by atoms with Gasteiger partial charge in [-0.2, -0.15) is 0 Å². The standard InChI is InChI=1S/C9H9NO2/c1-2-3-6-10-9(11)8-5-4-7-12-8/h3-5,7H,1,6H2,(H,10,11). The van der Waals surface area contributed by atoms with Crippen LogP contribution in [0.5, 0.6) is 0 Å². The van der Waals surface area contributed by atoms with E-state index in [1.54, 1.807) is 18.2 Å². The predicted molar refractivity (Wildman–Crippen MR) is 44.8 cm³/mol. The van der Waals surface area contributed by atoms with Crippen LogP contribution in [0.1, 0.15) is 10.6 Å². The van der Waals surface area contributed by atoms with Crippen LogP contribution < -0.4 is 5.32 Å². The molecular weight excluding hydrogens is 154 g/mol. The van der Waals surface area contributed by atoms with Gasteiger partial charge in [0.1, 0.15) is 0 Å². The lowest BCUT2D eigenvalue weighted by atomic mass is 10.4. The van der Waals surface area contributed by atoms with Crippen molar-refractivity contribution >= 4 is 5.91 Å². The quantitative estimate of drug-likeness (QED) is 0.683. The van der Waals surface area contributed by atoms with Crippen molar-refractivity contribution in [1.29, 1.82) is 0 Å². The summed E-state index contributed by atoms with van der Waals surface area (Å²) in [5.41, 5.74) is 2.55. The lowest BCUT2D eigenvalue weighted by Gasteiger charge is -1.95. The van der Waals surface area contributed by atoms with E-state index in [4.69, 9.17) is 4.42 Å². The van der Waals surface area contributed by atoms with Crippen LogP contribution in [0.4, 0.5) is 0 Å². The monoisotopic (exact) mass is 163 g/mol. The van der Waals surface area contributed by atoms with E-state index in [0.717, 1.165) is 0 Å². The third-order valence-corrected chi connectivity index (χ3v) is 1.25. The smallest absolute Gasteiger partial charge is 0.287 e. The predicted octanol–water partition coefficient (Wildman–Crippen LogP) is 1.35. The van der Waals surface area contributed by atoms with E-state index >= 15 is 0 Å². The Hall–Kier alpha value is -1.73. The molecular formula is C9H9NO2. The Morgan fingerprint density at radius 2 is 2.67 bits per heavy atom. The highest BCUT2D eigenvalue weighted by Crippen LogP contribution is 1.98. The Morgan fingerprint density at radius 1 is 1.83 bits per heavy atom. The molecule has 0 aliphatic rings. The number of rotatable bonds is 3. The minimum atomic E-state index is -0.230. The van der Waals surface area contributed by atoms with Crippen molar-refractivity contribution in [3.8, 4) is 0 Å². The SMILES string of the molecule is C=C=CCNC(=O)c1ccco1. The van der Waals surface area contributed by atoms with Gasteiger partial charge in [0, 0.05) is 6.54 Å². The second-order valence-electron chi connectivity index (χ2n) is 2.10. The number of nitrogens with one attached hydrogen (secondary N) is 1. The summed E-state index contributed by atoms with van der Waals surface area (Å²) in [5, 5.41) is 2.60. The van der Waals surface area contributed by atoms with Gasteiger partial charge in [-0.3, -0.25) is 4.79 Å². The fourth-order valence-corrected chi connectivity index (χ4v) is 0.711. The van der Waals surface area contributed by atoms with Gasteiger partial charge in [-0.15, -0.1) is 5.73 Å². The number of amides is 1. The highest BCUT2D eigenvalue weighted by Gasteiger charge is 2.04. The van der Waals surface area contributed by atoms with E-state index in [9.17, 15) is 4.79 Å². The van der Waals surface area contributed by atoms with E-state index in [2.05, 4.69) is 17.6 Å². The molecule has 0 atom stereocenters. The maximum absolute atomic E-state index is 11.1. The maximum Gasteiger partial charge on any atom is 0.287 e. The zero-order valence-electron chi connectivity index (χ0n) is 6.54. The van der Waals surface area contributed by atoms with Gasteiger partial charge in [0.05, 0.1) is 6.26 Å². The molecule has 0 fully saturated rings. The first-order valence-electron chi connectivity index (χ1n) is 3.50. The second kappa shape index (κ2) is 4.21. The topological polar surface area (TPSA) is 42.2 Å². The third-order valence-electron chi connectivity index (χ3n) is 1.25. The molecule has 1 rings (SSSR count). The molecule has 62 valence electrons. The molecule has 3 heteroatoms. The highest BCUT2D eigenvalue weighted by molar-refractivity contribution is 5.91. The molecule has 1 aromatic heterocycles. The van der Waals surface area contributed by atoms with E-state index < -0.39 is 0 Å². The third kappa shape index (κ3) is 2.15. The average molecular weight is 163 g/mol. The Bertz CT molecular complexity index is 294. The Balaban J connectivity index is 2.45. The summed E-state index contributed by atoms with van der Waals surface area (Å²) in [6.45, 7) is 3.78. The van der Waals surface area contributed by atoms with Gasteiger partial charge in [-0.05, 0) is 18.2 Å². The maximum atomic E-state index is 11.1. The number of furan rings is 1. The van der Waals surface area contributed by atoms with Crippen LogP contribution in [0, 0.1) is 0 Å². The van der Waals surface area contributed by atoms with Gasteiger partial charge in [0.2, 0.25) is 0 Å². The molecule has 0 bridgehead atoms. The minimum Gasteiger partial charge on any atom is -0.459 e. The van der Waals surface area contributed by atoms with Crippen molar-refractivity contribution in [2.45, 2.75) is 0 Å². The normalized spacial score (nSPS) is 8.67. The highest BCUT2D eigenvalue weighted by atomic mass is 16.3. The fraction of sp³-hybridized carbons (Fsp3) is 0.111. The van der Waals surface area contributed by atoms with Crippen molar-refractivity contribution in [2.24, 2.45) is 0 Å².